The van der Waals surface area contributed by atoms with Gasteiger partial charge >= 0.3 is 0 Å². The molecule has 2 aromatic carbocycles. The monoisotopic (exact) mass is 363 g/mol. The van der Waals surface area contributed by atoms with Gasteiger partial charge in [0.15, 0.2) is 11.6 Å². The number of anilines is 1. The van der Waals surface area contributed by atoms with E-state index in [1.807, 2.05) is 0 Å². The lowest BCUT2D eigenvalue weighted by Gasteiger charge is -2.07. The molecule has 2 aromatic rings. The fraction of sp³-hybridized carbons (Fsp3) is 0. The minimum atomic E-state index is -1.10. The highest BCUT2D eigenvalue weighted by Gasteiger charge is 2.21. The van der Waals surface area contributed by atoms with Crippen LogP contribution in [0.1, 0.15) is 15.9 Å². The highest BCUT2D eigenvalue weighted by atomic mass is 79.9. The van der Waals surface area contributed by atoms with Crippen molar-refractivity contribution < 1.29 is 18.0 Å². The Hall–Kier alpha value is -1.53. The van der Waals surface area contributed by atoms with Crippen LogP contribution in [0.15, 0.2) is 28.7 Å². The quantitative estimate of drug-likeness (QED) is 0.489. The first-order valence-corrected chi connectivity index (χ1v) is 6.42. The van der Waals surface area contributed by atoms with Gasteiger partial charge in [0.1, 0.15) is 11.6 Å². The van der Waals surface area contributed by atoms with Gasteiger partial charge < -0.3 is 5.73 Å². The van der Waals surface area contributed by atoms with E-state index in [-0.39, 0.29) is 9.50 Å². The number of ketones is 1. The minimum Gasteiger partial charge on any atom is -0.396 e. The predicted molar refractivity (Wildman–Crippen MR) is 73.3 cm³/mol. The summed E-state index contributed by atoms with van der Waals surface area (Å²) in [5.74, 6) is -3.94. The molecule has 0 aliphatic carbocycles. The molecule has 0 saturated heterocycles. The van der Waals surface area contributed by atoms with Gasteiger partial charge in [-0.3, -0.25) is 4.79 Å². The third kappa shape index (κ3) is 2.66. The Labute approximate surface area is 125 Å². The molecule has 2 rings (SSSR count). The molecular formula is C13H6BrClF3NO. The highest BCUT2D eigenvalue weighted by molar-refractivity contribution is 9.10. The zero-order valence-corrected chi connectivity index (χ0v) is 12.0. The van der Waals surface area contributed by atoms with E-state index in [0.29, 0.717) is 6.07 Å². The summed E-state index contributed by atoms with van der Waals surface area (Å²) in [5.41, 5.74) is 3.58. The first kappa shape index (κ1) is 14.9. The minimum absolute atomic E-state index is 0.0690. The molecule has 0 aliphatic rings. The molecule has 0 saturated carbocycles. The van der Waals surface area contributed by atoms with Gasteiger partial charge in [-0.2, -0.15) is 0 Å². The Balaban J connectivity index is 2.60. The molecule has 0 bridgehead atoms. The van der Waals surface area contributed by atoms with Gasteiger partial charge in [0.25, 0.3) is 0 Å². The summed E-state index contributed by atoms with van der Waals surface area (Å²) in [4.78, 5) is 12.1. The van der Waals surface area contributed by atoms with Crippen LogP contribution in [0.3, 0.4) is 0 Å². The number of benzene rings is 2. The molecule has 2 nitrogen and oxygen atoms in total. The summed E-state index contributed by atoms with van der Waals surface area (Å²) < 4.78 is 40.9. The summed E-state index contributed by atoms with van der Waals surface area (Å²) >= 11 is 8.75. The zero-order valence-electron chi connectivity index (χ0n) is 9.68. The number of nitrogens with two attached hydrogens (primary N) is 1. The van der Waals surface area contributed by atoms with Gasteiger partial charge in [-0.1, -0.05) is 11.6 Å². The number of carbonyl (C=O) groups excluding carboxylic acids is 1. The number of carbonyl (C=O) groups is 1. The number of nitrogen functional groups attached to an aromatic ring is 1. The standard InChI is InChI=1S/C13H6BrClF3NO/c14-8-4-10(17)6(3-9(8)15)13(20)7-1-5(16)2-11(19)12(7)18/h1-4H,19H2. The van der Waals surface area contributed by atoms with Gasteiger partial charge in [0.2, 0.25) is 0 Å². The van der Waals surface area contributed by atoms with E-state index in [4.69, 9.17) is 17.3 Å². The maximum Gasteiger partial charge on any atom is 0.199 e. The summed E-state index contributed by atoms with van der Waals surface area (Å²) in [7, 11) is 0. The zero-order chi connectivity index (χ0) is 15.0. The Morgan fingerprint density at radius 1 is 1.10 bits per heavy atom. The van der Waals surface area contributed by atoms with Crippen molar-refractivity contribution in [2.45, 2.75) is 0 Å². The molecule has 0 radical (unpaired) electrons. The third-order valence-corrected chi connectivity index (χ3v) is 3.76. The third-order valence-electron chi connectivity index (χ3n) is 2.56. The maximum absolute atomic E-state index is 13.8. The lowest BCUT2D eigenvalue weighted by molar-refractivity contribution is 0.103. The Morgan fingerprint density at radius 3 is 2.40 bits per heavy atom. The Bertz CT molecular complexity index is 721. The van der Waals surface area contributed by atoms with Crippen molar-refractivity contribution in [1.82, 2.24) is 0 Å². The topological polar surface area (TPSA) is 43.1 Å². The number of halogens is 5. The van der Waals surface area contributed by atoms with Crippen molar-refractivity contribution in [2.24, 2.45) is 0 Å². The number of hydrogen-bond donors (Lipinski definition) is 1. The van der Waals surface area contributed by atoms with Crippen molar-refractivity contribution >= 4 is 39.0 Å². The summed E-state index contributed by atoms with van der Waals surface area (Å²) in [6, 6.07) is 3.39. The molecule has 20 heavy (non-hydrogen) atoms. The van der Waals surface area contributed by atoms with Crippen molar-refractivity contribution in [3.05, 3.63) is 62.3 Å². The average Bonchev–Trinajstić information content (AvgIpc) is 2.37. The van der Waals surface area contributed by atoms with Crippen LogP contribution in [0.4, 0.5) is 18.9 Å². The summed E-state index contributed by atoms with van der Waals surface area (Å²) in [5, 5.41) is 0.0690. The second-order valence-corrected chi connectivity index (χ2v) is 5.19. The summed E-state index contributed by atoms with van der Waals surface area (Å²) in [6.45, 7) is 0. The van der Waals surface area contributed by atoms with Crippen LogP contribution in [0, 0.1) is 17.5 Å². The molecule has 0 amide bonds. The maximum atomic E-state index is 13.8. The number of hydrogen-bond acceptors (Lipinski definition) is 2. The van der Waals surface area contributed by atoms with Crippen LogP contribution in [0.2, 0.25) is 5.02 Å². The van der Waals surface area contributed by atoms with Crippen molar-refractivity contribution in [2.75, 3.05) is 5.73 Å². The van der Waals surface area contributed by atoms with Crippen LogP contribution in [0.25, 0.3) is 0 Å². The second-order valence-electron chi connectivity index (χ2n) is 3.93. The van der Waals surface area contributed by atoms with E-state index in [1.54, 1.807) is 0 Å². The molecule has 0 fully saturated rings. The van der Waals surface area contributed by atoms with E-state index in [0.717, 1.165) is 18.2 Å². The summed E-state index contributed by atoms with van der Waals surface area (Å²) in [6.07, 6.45) is 0. The van der Waals surface area contributed by atoms with Crippen LogP contribution >= 0.6 is 27.5 Å². The lowest BCUT2D eigenvalue weighted by Crippen LogP contribution is -2.09. The molecule has 0 aromatic heterocycles. The van der Waals surface area contributed by atoms with Crippen molar-refractivity contribution in [3.8, 4) is 0 Å². The fourth-order valence-electron chi connectivity index (χ4n) is 1.62. The van der Waals surface area contributed by atoms with Gasteiger partial charge in [0.05, 0.1) is 21.8 Å². The van der Waals surface area contributed by atoms with Gasteiger partial charge in [-0.15, -0.1) is 0 Å². The van der Waals surface area contributed by atoms with E-state index < -0.39 is 40.0 Å². The van der Waals surface area contributed by atoms with E-state index in [1.165, 1.54) is 0 Å². The van der Waals surface area contributed by atoms with E-state index >= 15 is 0 Å². The van der Waals surface area contributed by atoms with Gasteiger partial charge in [-0.25, -0.2) is 13.2 Å². The van der Waals surface area contributed by atoms with Gasteiger partial charge in [0, 0.05) is 4.47 Å². The molecule has 0 heterocycles. The van der Waals surface area contributed by atoms with Gasteiger partial charge in [-0.05, 0) is 40.2 Å². The smallest absolute Gasteiger partial charge is 0.199 e. The second kappa shape index (κ2) is 5.46. The first-order chi connectivity index (χ1) is 9.31. The van der Waals surface area contributed by atoms with Crippen LogP contribution < -0.4 is 5.73 Å². The van der Waals surface area contributed by atoms with Crippen molar-refractivity contribution in [3.63, 3.8) is 0 Å². The molecule has 2 N–H and O–H groups in total. The molecule has 0 aliphatic heterocycles. The predicted octanol–water partition coefficient (Wildman–Crippen LogP) is 4.33. The molecule has 0 unspecified atom stereocenters. The Kier molecular flexibility index (Phi) is 4.06. The van der Waals surface area contributed by atoms with E-state index in [9.17, 15) is 18.0 Å². The molecule has 104 valence electrons. The molecule has 0 atom stereocenters. The largest absolute Gasteiger partial charge is 0.396 e. The molecular weight excluding hydrogens is 359 g/mol. The van der Waals surface area contributed by atoms with Crippen molar-refractivity contribution in [1.29, 1.82) is 0 Å². The van der Waals surface area contributed by atoms with E-state index in [2.05, 4.69) is 15.9 Å². The normalized spacial score (nSPS) is 10.7. The lowest BCUT2D eigenvalue weighted by atomic mass is 10.0. The Morgan fingerprint density at radius 2 is 1.75 bits per heavy atom. The SMILES string of the molecule is Nc1cc(F)cc(C(=O)c2cc(Cl)c(Br)cc2F)c1F. The fourth-order valence-corrected chi connectivity index (χ4v) is 2.10. The highest BCUT2D eigenvalue weighted by Crippen LogP contribution is 2.28. The molecule has 0 spiro atoms. The number of rotatable bonds is 2. The molecule has 7 heteroatoms. The first-order valence-electron chi connectivity index (χ1n) is 5.25. The average molecular weight is 365 g/mol. The van der Waals surface area contributed by atoms with Crippen LogP contribution in [0.5, 0.6) is 0 Å². The van der Waals surface area contributed by atoms with Crippen LogP contribution in [-0.2, 0) is 0 Å². The van der Waals surface area contributed by atoms with Crippen LogP contribution in [-0.4, -0.2) is 5.78 Å².